The van der Waals surface area contributed by atoms with Gasteiger partial charge in [-0.05, 0) is 37.8 Å². The highest BCUT2D eigenvalue weighted by Gasteiger charge is 2.42. The Balaban J connectivity index is 1.02. The first-order valence-electron chi connectivity index (χ1n) is 14.2. The average molecular weight is 594 g/mol. The Bertz CT molecular complexity index is 955. The van der Waals surface area contributed by atoms with E-state index < -0.39 is 0 Å². The van der Waals surface area contributed by atoms with E-state index in [1.165, 1.54) is 6.20 Å². The molecule has 0 saturated carbocycles. The summed E-state index contributed by atoms with van der Waals surface area (Å²) >= 11 is 1.90. The lowest BCUT2D eigenvalue weighted by molar-refractivity contribution is -0.121. The van der Waals surface area contributed by atoms with E-state index in [-0.39, 0.29) is 29.9 Å². The molecule has 1 aromatic heterocycles. The van der Waals surface area contributed by atoms with Crippen LogP contribution in [0.3, 0.4) is 0 Å². The van der Waals surface area contributed by atoms with Crippen molar-refractivity contribution in [2.75, 3.05) is 63.9 Å². The molecule has 3 rings (SSSR count). The molecule has 0 radical (unpaired) electrons. The minimum Gasteiger partial charge on any atom is -0.379 e. The number of ether oxygens (including phenoxy) is 3. The van der Waals surface area contributed by atoms with Crippen LogP contribution in [0.25, 0.3) is 0 Å². The third kappa shape index (κ3) is 12.6. The zero-order chi connectivity index (χ0) is 29.1. The summed E-state index contributed by atoms with van der Waals surface area (Å²) in [5, 5.41) is 15.7. The smallest absolute Gasteiger partial charge is 0.315 e. The quantitative estimate of drug-likeness (QED) is 0.0580. The van der Waals surface area contributed by atoms with Crippen molar-refractivity contribution in [3.05, 3.63) is 24.0 Å². The molecule has 1 aromatic rings. The fourth-order valence-electron chi connectivity index (χ4n) is 4.46. The molecule has 3 atom stereocenters. The van der Waals surface area contributed by atoms with Gasteiger partial charge >= 0.3 is 6.03 Å². The number of anilines is 1. The second kappa shape index (κ2) is 19.2. The summed E-state index contributed by atoms with van der Waals surface area (Å²) in [4.78, 5) is 39.6. The van der Waals surface area contributed by atoms with E-state index in [4.69, 9.17) is 14.2 Å². The summed E-state index contributed by atoms with van der Waals surface area (Å²) in [7, 11) is 0. The molecule has 2 saturated heterocycles. The molecule has 3 heterocycles. The van der Waals surface area contributed by atoms with Crippen LogP contribution in [0, 0.1) is 0 Å². The molecule has 3 unspecified atom stereocenters. The van der Waals surface area contributed by atoms with Gasteiger partial charge in [0.1, 0.15) is 5.69 Å². The molecule has 2 aliphatic heterocycles. The lowest BCUT2D eigenvalue weighted by atomic mass is 10.0. The molecule has 0 spiro atoms. The Kier molecular flexibility index (Phi) is 15.3. The summed E-state index contributed by atoms with van der Waals surface area (Å²) in [6.45, 7) is 7.43. The Labute approximate surface area is 245 Å². The zero-order valence-corrected chi connectivity index (χ0v) is 24.3. The monoisotopic (exact) mass is 593 g/mol. The van der Waals surface area contributed by atoms with Crippen molar-refractivity contribution in [2.24, 2.45) is 5.10 Å². The number of hydrogen-bond donors (Lipinski definition) is 5. The van der Waals surface area contributed by atoms with Gasteiger partial charge in [-0.3, -0.25) is 15.0 Å². The highest BCUT2D eigenvalue weighted by Crippen LogP contribution is 2.33. The predicted octanol–water partition coefficient (Wildman–Crippen LogP) is 1.51. The van der Waals surface area contributed by atoms with E-state index in [0.717, 1.165) is 31.4 Å². The van der Waals surface area contributed by atoms with E-state index in [2.05, 4.69) is 43.5 Å². The van der Waals surface area contributed by atoms with Gasteiger partial charge in [-0.25, -0.2) is 9.78 Å². The number of aromatic nitrogens is 1. The van der Waals surface area contributed by atoms with Gasteiger partial charge in [0.2, 0.25) is 5.91 Å². The summed E-state index contributed by atoms with van der Waals surface area (Å²) in [5.74, 6) is 0.799. The number of carbonyl (C=O) groups is 3. The van der Waals surface area contributed by atoms with E-state index in [1.807, 2.05) is 11.8 Å². The van der Waals surface area contributed by atoms with Gasteiger partial charge in [0.25, 0.3) is 5.91 Å². The van der Waals surface area contributed by atoms with Crippen LogP contribution in [0.2, 0.25) is 0 Å². The van der Waals surface area contributed by atoms with Crippen LogP contribution in [-0.4, -0.2) is 105 Å². The number of carbonyl (C=O) groups excluding carboxylic acids is 3. The number of hydrazone groups is 1. The number of pyridine rings is 1. The Morgan fingerprint density at radius 3 is 2.37 bits per heavy atom. The first-order chi connectivity index (χ1) is 20.1. The minimum atomic E-state index is -0.239. The van der Waals surface area contributed by atoms with Gasteiger partial charge in [0.15, 0.2) is 0 Å². The summed E-state index contributed by atoms with van der Waals surface area (Å²) in [5.41, 5.74) is 3.65. The lowest BCUT2D eigenvalue weighted by Crippen LogP contribution is -2.36. The highest BCUT2D eigenvalue weighted by atomic mass is 32.2. The summed E-state index contributed by atoms with van der Waals surface area (Å²) < 4.78 is 16.5. The third-order valence-corrected chi connectivity index (χ3v) is 8.08. The number of urea groups is 1. The van der Waals surface area contributed by atoms with Crippen LogP contribution in [0.1, 0.15) is 49.0 Å². The number of fused-ring (bicyclic) bond motifs is 1. The van der Waals surface area contributed by atoms with Gasteiger partial charge in [0, 0.05) is 50.4 Å². The molecule has 0 bridgehead atoms. The Hall–Kier alpha value is -2.94. The molecule has 13 nitrogen and oxygen atoms in total. The normalized spacial score (nSPS) is 19.2. The van der Waals surface area contributed by atoms with Gasteiger partial charge in [-0.15, -0.1) is 0 Å². The first-order valence-corrected chi connectivity index (χ1v) is 15.3. The van der Waals surface area contributed by atoms with Gasteiger partial charge in [0.05, 0.1) is 50.4 Å². The molecule has 5 N–H and O–H groups in total. The Morgan fingerprint density at radius 1 is 0.976 bits per heavy atom. The van der Waals surface area contributed by atoms with Crippen molar-refractivity contribution in [2.45, 2.75) is 55.9 Å². The number of thioether (sulfide) groups is 1. The molecular weight excluding hydrogens is 550 g/mol. The molecule has 14 heteroatoms. The van der Waals surface area contributed by atoms with Crippen molar-refractivity contribution in [3.8, 4) is 0 Å². The van der Waals surface area contributed by atoms with Crippen LogP contribution < -0.4 is 26.7 Å². The van der Waals surface area contributed by atoms with Crippen molar-refractivity contribution >= 4 is 42.0 Å². The zero-order valence-electron chi connectivity index (χ0n) is 23.5. The van der Waals surface area contributed by atoms with E-state index in [0.29, 0.717) is 82.2 Å². The molecule has 2 fully saturated rings. The first kappa shape index (κ1) is 32.6. The lowest BCUT2D eigenvalue weighted by Gasteiger charge is -2.16. The number of nitrogens with one attached hydrogen (secondary N) is 5. The molecule has 0 aliphatic carbocycles. The minimum absolute atomic E-state index is 0.0585. The predicted molar refractivity (Wildman–Crippen MR) is 158 cm³/mol. The van der Waals surface area contributed by atoms with Crippen molar-refractivity contribution in [1.82, 2.24) is 26.3 Å². The van der Waals surface area contributed by atoms with E-state index >= 15 is 0 Å². The molecule has 4 amide bonds. The largest absolute Gasteiger partial charge is 0.379 e. The van der Waals surface area contributed by atoms with E-state index in [9.17, 15) is 14.4 Å². The number of hydrogen-bond acceptors (Lipinski definition) is 10. The Morgan fingerprint density at radius 2 is 1.68 bits per heavy atom. The average Bonchev–Trinajstić information content (AvgIpc) is 3.52. The maximum atomic E-state index is 12.0. The molecular formula is C27H43N7O6S. The summed E-state index contributed by atoms with van der Waals surface area (Å²) in [6.07, 6.45) is 6.35. The van der Waals surface area contributed by atoms with Crippen LogP contribution in [0.5, 0.6) is 0 Å². The molecule has 2 aliphatic rings. The standard InChI is InChI=1S/C27H43N7O6S/c1-28-34-20-8-9-21(31-18-20)26(36)30-11-5-13-39-15-17-40-16-14-38-12-4-10-29-24(35)7-3-2-6-23-25-22(19-41-23)32-27(37)33-25/h8-9,18,22-23,25,34H,1-7,10-17,19H2,(H,29,35)(H,30,36)(H2,32,33,37). The van der Waals surface area contributed by atoms with Crippen molar-refractivity contribution in [3.63, 3.8) is 0 Å². The number of rotatable bonds is 22. The van der Waals surface area contributed by atoms with Gasteiger partial charge < -0.3 is 35.5 Å². The van der Waals surface area contributed by atoms with Gasteiger partial charge in [-0.1, -0.05) is 6.42 Å². The summed E-state index contributed by atoms with van der Waals surface area (Å²) in [6, 6.07) is 3.74. The molecule has 41 heavy (non-hydrogen) atoms. The fourth-order valence-corrected chi connectivity index (χ4v) is 6.00. The fraction of sp³-hybridized carbons (Fsp3) is 0.667. The van der Waals surface area contributed by atoms with Crippen molar-refractivity contribution < 1.29 is 28.6 Å². The van der Waals surface area contributed by atoms with Gasteiger partial charge in [-0.2, -0.15) is 16.9 Å². The molecule has 0 aromatic carbocycles. The second-order valence-electron chi connectivity index (χ2n) is 9.72. The number of nitrogens with zero attached hydrogens (tertiary/aromatic N) is 2. The number of amides is 4. The maximum Gasteiger partial charge on any atom is 0.315 e. The third-order valence-electron chi connectivity index (χ3n) is 6.57. The van der Waals surface area contributed by atoms with E-state index in [1.54, 1.807) is 12.1 Å². The highest BCUT2D eigenvalue weighted by molar-refractivity contribution is 8.00. The van der Waals surface area contributed by atoms with Crippen LogP contribution in [0.4, 0.5) is 10.5 Å². The second-order valence-corrected chi connectivity index (χ2v) is 11.0. The number of unbranched alkanes of at least 4 members (excludes halogenated alkanes) is 1. The van der Waals surface area contributed by atoms with Crippen LogP contribution >= 0.6 is 11.8 Å². The van der Waals surface area contributed by atoms with Crippen LogP contribution in [0.15, 0.2) is 23.4 Å². The van der Waals surface area contributed by atoms with Crippen molar-refractivity contribution in [1.29, 1.82) is 0 Å². The SMILES string of the molecule is C=NNc1ccc(C(=O)NCCCOCCOCCOCCCNC(=O)CCCCC2SCC3NC(=O)NC32)nc1. The topological polar surface area (TPSA) is 164 Å². The molecule has 228 valence electrons. The van der Waals surface area contributed by atoms with Crippen LogP contribution in [-0.2, 0) is 19.0 Å². The maximum absolute atomic E-state index is 12.0.